The van der Waals surface area contributed by atoms with E-state index in [9.17, 15) is 5.11 Å². The summed E-state index contributed by atoms with van der Waals surface area (Å²) < 4.78 is 0. The quantitative estimate of drug-likeness (QED) is 0.432. The van der Waals surface area contributed by atoms with Gasteiger partial charge in [0.15, 0.2) is 5.96 Å². The van der Waals surface area contributed by atoms with Crippen LogP contribution in [0.1, 0.15) is 33.6 Å². The average Bonchev–Trinajstić information content (AvgIpc) is 2.11. The van der Waals surface area contributed by atoms with Gasteiger partial charge in [0, 0.05) is 6.54 Å². The Morgan fingerprint density at radius 3 is 2.62 bits per heavy atom. The number of hydrogen-bond acceptors (Lipinski definition) is 2. The molecule has 0 aliphatic carbocycles. The molecule has 0 saturated carbocycles. The number of nitrogens with one attached hydrogen (secondary N) is 1. The summed E-state index contributed by atoms with van der Waals surface area (Å²) in [7, 11) is 0. The van der Waals surface area contributed by atoms with Crippen LogP contribution in [0.15, 0.2) is 4.99 Å². The van der Waals surface area contributed by atoms with Crippen molar-refractivity contribution in [2.24, 2.45) is 10.7 Å². The second kappa shape index (κ2) is 5.80. The van der Waals surface area contributed by atoms with E-state index in [0.29, 0.717) is 18.9 Å². The maximum absolute atomic E-state index is 9.61. The van der Waals surface area contributed by atoms with E-state index in [0.717, 1.165) is 13.0 Å². The van der Waals surface area contributed by atoms with Crippen molar-refractivity contribution >= 4 is 5.96 Å². The summed E-state index contributed by atoms with van der Waals surface area (Å²) in [5.41, 5.74) is 4.81. The topological polar surface area (TPSA) is 70.6 Å². The Bertz CT molecular complexity index is 166. The third-order valence-corrected chi connectivity index (χ3v) is 1.91. The fourth-order valence-electron chi connectivity index (χ4n) is 0.676. The number of rotatable bonds is 5. The molecule has 0 heterocycles. The van der Waals surface area contributed by atoms with Crippen LogP contribution in [0, 0.1) is 0 Å². The lowest BCUT2D eigenvalue weighted by Crippen LogP contribution is -2.35. The van der Waals surface area contributed by atoms with E-state index < -0.39 is 5.60 Å². The minimum Gasteiger partial charge on any atom is -0.388 e. The van der Waals surface area contributed by atoms with Gasteiger partial charge in [-0.2, -0.15) is 0 Å². The van der Waals surface area contributed by atoms with E-state index in [1.165, 1.54) is 0 Å². The maximum Gasteiger partial charge on any atom is 0.188 e. The van der Waals surface area contributed by atoms with Crippen molar-refractivity contribution in [2.45, 2.75) is 39.2 Å². The lowest BCUT2D eigenvalue weighted by Gasteiger charge is -2.18. The van der Waals surface area contributed by atoms with Crippen molar-refractivity contribution in [3.8, 4) is 0 Å². The summed E-state index contributed by atoms with van der Waals surface area (Å²) in [5, 5.41) is 12.6. The SMILES string of the molecule is CCCNC(N)=NCC(C)(O)CC. The predicted octanol–water partition coefficient (Wildman–Crippen LogP) is 0.462. The van der Waals surface area contributed by atoms with Crippen molar-refractivity contribution in [1.29, 1.82) is 0 Å². The first kappa shape index (κ1) is 12.2. The van der Waals surface area contributed by atoms with Crippen LogP contribution in [-0.4, -0.2) is 29.8 Å². The van der Waals surface area contributed by atoms with Gasteiger partial charge in [0.1, 0.15) is 0 Å². The first-order chi connectivity index (χ1) is 6.02. The van der Waals surface area contributed by atoms with Crippen LogP contribution in [0.3, 0.4) is 0 Å². The van der Waals surface area contributed by atoms with E-state index in [1.807, 2.05) is 6.92 Å². The molecule has 0 aliphatic heterocycles. The molecule has 0 aliphatic rings. The molecule has 13 heavy (non-hydrogen) atoms. The van der Waals surface area contributed by atoms with E-state index in [4.69, 9.17) is 5.73 Å². The van der Waals surface area contributed by atoms with Crippen LogP contribution in [-0.2, 0) is 0 Å². The van der Waals surface area contributed by atoms with Crippen molar-refractivity contribution < 1.29 is 5.11 Å². The number of guanidine groups is 1. The van der Waals surface area contributed by atoms with Gasteiger partial charge in [0.05, 0.1) is 12.1 Å². The Balaban J connectivity index is 3.82. The van der Waals surface area contributed by atoms with Gasteiger partial charge in [-0.1, -0.05) is 13.8 Å². The molecule has 1 atom stereocenters. The second-order valence-electron chi connectivity index (χ2n) is 3.48. The highest BCUT2D eigenvalue weighted by molar-refractivity contribution is 5.77. The van der Waals surface area contributed by atoms with Crippen molar-refractivity contribution in [3.05, 3.63) is 0 Å². The zero-order chi connectivity index (χ0) is 10.3. The predicted molar refractivity (Wildman–Crippen MR) is 55.7 cm³/mol. The summed E-state index contributed by atoms with van der Waals surface area (Å²) in [4.78, 5) is 4.04. The highest BCUT2D eigenvalue weighted by Crippen LogP contribution is 2.07. The highest BCUT2D eigenvalue weighted by atomic mass is 16.3. The van der Waals surface area contributed by atoms with Gasteiger partial charge in [-0.25, -0.2) is 0 Å². The van der Waals surface area contributed by atoms with Crippen molar-refractivity contribution in [3.63, 3.8) is 0 Å². The Hall–Kier alpha value is -0.770. The molecule has 4 heteroatoms. The zero-order valence-corrected chi connectivity index (χ0v) is 8.80. The third-order valence-electron chi connectivity index (χ3n) is 1.91. The van der Waals surface area contributed by atoms with E-state index in [2.05, 4.69) is 17.2 Å². The highest BCUT2D eigenvalue weighted by Gasteiger charge is 2.16. The van der Waals surface area contributed by atoms with E-state index in [-0.39, 0.29) is 0 Å². The molecule has 0 amide bonds. The fourth-order valence-corrected chi connectivity index (χ4v) is 0.676. The Labute approximate surface area is 80.2 Å². The van der Waals surface area contributed by atoms with Crippen LogP contribution in [0.5, 0.6) is 0 Å². The van der Waals surface area contributed by atoms with Gasteiger partial charge in [0.25, 0.3) is 0 Å². The molecule has 0 aromatic rings. The van der Waals surface area contributed by atoms with Gasteiger partial charge in [-0.15, -0.1) is 0 Å². The smallest absolute Gasteiger partial charge is 0.188 e. The van der Waals surface area contributed by atoms with Crippen molar-refractivity contribution in [1.82, 2.24) is 5.32 Å². The molecular weight excluding hydrogens is 166 g/mol. The summed E-state index contributed by atoms with van der Waals surface area (Å²) in [6.45, 7) is 6.91. The number of nitrogens with two attached hydrogens (primary N) is 1. The molecule has 0 rings (SSSR count). The molecule has 0 radical (unpaired) electrons. The molecule has 0 aromatic heterocycles. The lowest BCUT2D eigenvalue weighted by atomic mass is 10.1. The van der Waals surface area contributed by atoms with Crippen LogP contribution < -0.4 is 11.1 Å². The molecule has 1 unspecified atom stereocenters. The molecule has 78 valence electrons. The summed E-state index contributed by atoms with van der Waals surface area (Å²) in [6, 6.07) is 0. The second-order valence-corrected chi connectivity index (χ2v) is 3.48. The molecule has 4 nitrogen and oxygen atoms in total. The standard InChI is InChI=1S/C9H21N3O/c1-4-6-11-8(10)12-7-9(3,13)5-2/h13H,4-7H2,1-3H3,(H3,10,11,12). The molecule has 0 fully saturated rings. The Morgan fingerprint density at radius 2 is 2.15 bits per heavy atom. The average molecular weight is 187 g/mol. The minimum absolute atomic E-state index is 0.353. The van der Waals surface area contributed by atoms with Crippen molar-refractivity contribution in [2.75, 3.05) is 13.1 Å². The van der Waals surface area contributed by atoms with Gasteiger partial charge < -0.3 is 16.2 Å². The molecule has 0 aromatic carbocycles. The monoisotopic (exact) mass is 187 g/mol. The minimum atomic E-state index is -0.738. The van der Waals surface area contributed by atoms with Gasteiger partial charge in [-0.05, 0) is 19.8 Å². The summed E-state index contributed by atoms with van der Waals surface area (Å²) in [5.74, 6) is 0.413. The Morgan fingerprint density at radius 1 is 1.54 bits per heavy atom. The summed E-state index contributed by atoms with van der Waals surface area (Å²) in [6.07, 6.45) is 1.69. The van der Waals surface area contributed by atoms with Gasteiger partial charge in [0.2, 0.25) is 0 Å². The molecule has 0 bridgehead atoms. The third kappa shape index (κ3) is 6.40. The molecule has 4 N–H and O–H groups in total. The molecule has 0 spiro atoms. The molecular formula is C9H21N3O. The van der Waals surface area contributed by atoms with Gasteiger partial charge in [-0.3, -0.25) is 4.99 Å². The maximum atomic E-state index is 9.61. The zero-order valence-electron chi connectivity index (χ0n) is 8.80. The van der Waals surface area contributed by atoms with E-state index in [1.54, 1.807) is 6.92 Å². The lowest BCUT2D eigenvalue weighted by molar-refractivity contribution is 0.0657. The fraction of sp³-hybridized carbons (Fsp3) is 0.889. The number of nitrogens with zero attached hydrogens (tertiary/aromatic N) is 1. The first-order valence-corrected chi connectivity index (χ1v) is 4.78. The number of hydrogen-bond donors (Lipinski definition) is 3. The van der Waals surface area contributed by atoms with Gasteiger partial charge >= 0.3 is 0 Å². The van der Waals surface area contributed by atoms with Crippen LogP contribution in [0.4, 0.5) is 0 Å². The largest absolute Gasteiger partial charge is 0.388 e. The normalized spacial score (nSPS) is 16.8. The van der Waals surface area contributed by atoms with Crippen LogP contribution >= 0.6 is 0 Å². The number of aliphatic hydroxyl groups is 1. The number of aliphatic imine (C=N–C) groups is 1. The van der Waals surface area contributed by atoms with Crippen LogP contribution in [0.2, 0.25) is 0 Å². The first-order valence-electron chi connectivity index (χ1n) is 4.78. The van der Waals surface area contributed by atoms with E-state index >= 15 is 0 Å². The molecule has 0 saturated heterocycles. The van der Waals surface area contributed by atoms with Crippen LogP contribution in [0.25, 0.3) is 0 Å². The summed E-state index contributed by atoms with van der Waals surface area (Å²) >= 11 is 0. The Kier molecular flexibility index (Phi) is 5.46.